The van der Waals surface area contributed by atoms with E-state index in [-0.39, 0.29) is 12.5 Å². The molecule has 0 atom stereocenters. The molecule has 5 nitrogen and oxygen atoms in total. The van der Waals surface area contributed by atoms with Gasteiger partial charge in [-0.15, -0.1) is 0 Å². The highest BCUT2D eigenvalue weighted by Gasteiger charge is 2.23. The van der Waals surface area contributed by atoms with E-state index < -0.39 is 0 Å². The smallest absolute Gasteiger partial charge is 0.135 e. The van der Waals surface area contributed by atoms with E-state index in [4.69, 9.17) is 5.73 Å². The summed E-state index contributed by atoms with van der Waals surface area (Å²) in [6, 6.07) is 2.29. The fraction of sp³-hybridized carbons (Fsp3) is 0.733. The van der Waals surface area contributed by atoms with Crippen molar-refractivity contribution in [3.05, 3.63) is 11.9 Å². The van der Waals surface area contributed by atoms with E-state index in [1.165, 1.54) is 32.1 Å². The first kappa shape index (κ1) is 15.0. The van der Waals surface area contributed by atoms with Gasteiger partial charge < -0.3 is 15.7 Å². The van der Waals surface area contributed by atoms with Crippen LogP contribution in [0.2, 0.25) is 0 Å². The lowest BCUT2D eigenvalue weighted by atomic mass is 9.94. The second-order valence-corrected chi connectivity index (χ2v) is 5.87. The van der Waals surface area contributed by atoms with Crippen LogP contribution < -0.4 is 10.6 Å². The molecule has 1 aromatic heterocycles. The van der Waals surface area contributed by atoms with Crippen LogP contribution in [-0.4, -0.2) is 34.3 Å². The Labute approximate surface area is 121 Å². The second kappa shape index (κ2) is 6.88. The minimum Gasteiger partial charge on any atom is -0.395 e. The molecule has 0 aliphatic heterocycles. The first-order valence-electron chi connectivity index (χ1n) is 7.63. The monoisotopic (exact) mass is 278 g/mol. The highest BCUT2D eigenvalue weighted by molar-refractivity contribution is 5.48. The van der Waals surface area contributed by atoms with Crippen molar-refractivity contribution in [1.82, 2.24) is 9.97 Å². The summed E-state index contributed by atoms with van der Waals surface area (Å²) < 4.78 is 0. The van der Waals surface area contributed by atoms with Crippen molar-refractivity contribution in [1.29, 1.82) is 0 Å². The molecule has 3 N–H and O–H groups in total. The quantitative estimate of drug-likeness (QED) is 0.864. The Balaban J connectivity index is 2.27. The lowest BCUT2D eigenvalue weighted by Gasteiger charge is -2.35. The molecule has 1 saturated carbocycles. The second-order valence-electron chi connectivity index (χ2n) is 5.87. The summed E-state index contributed by atoms with van der Waals surface area (Å²) in [5.41, 5.74) is 5.92. The molecule has 1 heterocycles. The van der Waals surface area contributed by atoms with Crippen molar-refractivity contribution in [2.45, 2.75) is 57.9 Å². The minimum absolute atomic E-state index is 0.136. The maximum atomic E-state index is 9.36. The van der Waals surface area contributed by atoms with Crippen molar-refractivity contribution in [2.75, 3.05) is 23.8 Å². The van der Waals surface area contributed by atoms with Gasteiger partial charge in [-0.2, -0.15) is 0 Å². The number of hydrogen-bond donors (Lipinski definition) is 2. The molecule has 0 radical (unpaired) electrons. The molecule has 1 aliphatic rings. The summed E-state index contributed by atoms with van der Waals surface area (Å²) in [6.07, 6.45) is 6.16. The van der Waals surface area contributed by atoms with Gasteiger partial charge in [0.1, 0.15) is 17.5 Å². The van der Waals surface area contributed by atoms with Gasteiger partial charge in [-0.05, 0) is 12.8 Å². The largest absolute Gasteiger partial charge is 0.395 e. The molecule has 1 fully saturated rings. The molecule has 0 amide bonds. The van der Waals surface area contributed by atoms with Crippen LogP contribution in [0.4, 0.5) is 11.6 Å². The number of anilines is 2. The third-order valence-electron chi connectivity index (χ3n) is 3.92. The van der Waals surface area contributed by atoms with Gasteiger partial charge in [-0.1, -0.05) is 33.1 Å². The molecule has 0 spiro atoms. The van der Waals surface area contributed by atoms with Crippen LogP contribution in [0.25, 0.3) is 0 Å². The minimum atomic E-state index is 0.136. The zero-order chi connectivity index (χ0) is 14.5. The molecular formula is C15H26N4O. The summed E-state index contributed by atoms with van der Waals surface area (Å²) in [5, 5.41) is 9.36. The molecule has 5 heteroatoms. The zero-order valence-electron chi connectivity index (χ0n) is 12.5. The molecular weight excluding hydrogens is 252 g/mol. The van der Waals surface area contributed by atoms with Crippen LogP contribution in [0, 0.1) is 0 Å². The number of nitrogen functional groups attached to an aromatic ring is 1. The van der Waals surface area contributed by atoms with Gasteiger partial charge in [0.25, 0.3) is 0 Å². The molecule has 0 aromatic carbocycles. The van der Waals surface area contributed by atoms with Crippen LogP contribution >= 0.6 is 0 Å². The third kappa shape index (κ3) is 3.60. The van der Waals surface area contributed by atoms with Gasteiger partial charge >= 0.3 is 0 Å². The van der Waals surface area contributed by atoms with Crippen LogP contribution in [0.5, 0.6) is 0 Å². The van der Waals surface area contributed by atoms with E-state index in [0.717, 1.165) is 11.6 Å². The van der Waals surface area contributed by atoms with Gasteiger partial charge in [-0.3, -0.25) is 0 Å². The number of hydrogen-bond acceptors (Lipinski definition) is 5. The molecule has 20 heavy (non-hydrogen) atoms. The Morgan fingerprint density at radius 3 is 2.60 bits per heavy atom. The van der Waals surface area contributed by atoms with Gasteiger partial charge in [0.15, 0.2) is 0 Å². The fourth-order valence-corrected chi connectivity index (χ4v) is 2.86. The molecule has 0 bridgehead atoms. The summed E-state index contributed by atoms with van der Waals surface area (Å²) in [7, 11) is 0. The first-order valence-corrected chi connectivity index (χ1v) is 7.63. The number of aliphatic hydroxyl groups is 1. The molecule has 112 valence electrons. The van der Waals surface area contributed by atoms with E-state index in [1.807, 2.05) is 6.07 Å². The molecule has 1 aromatic rings. The summed E-state index contributed by atoms with van der Waals surface area (Å²) in [5.74, 6) is 2.40. The lowest BCUT2D eigenvalue weighted by molar-refractivity contribution is 0.289. The summed E-state index contributed by atoms with van der Waals surface area (Å²) in [6.45, 7) is 4.88. The maximum Gasteiger partial charge on any atom is 0.135 e. The van der Waals surface area contributed by atoms with Crippen molar-refractivity contribution in [2.24, 2.45) is 0 Å². The lowest BCUT2D eigenvalue weighted by Crippen LogP contribution is -2.39. The standard InChI is InChI=1S/C15H26N4O/c1-11(2)15-17-13(16)10-14(18-15)19(8-9-20)12-6-4-3-5-7-12/h10-12,20H,3-9H2,1-2H3,(H2,16,17,18). The Morgan fingerprint density at radius 2 is 2.00 bits per heavy atom. The SMILES string of the molecule is CC(C)c1nc(N)cc(N(CCO)C2CCCCC2)n1. The van der Waals surface area contributed by atoms with Crippen molar-refractivity contribution in [3.8, 4) is 0 Å². The van der Waals surface area contributed by atoms with Gasteiger partial charge in [0.05, 0.1) is 6.61 Å². The van der Waals surface area contributed by atoms with Gasteiger partial charge in [0, 0.05) is 24.6 Å². The summed E-state index contributed by atoms with van der Waals surface area (Å²) in [4.78, 5) is 11.2. The average Bonchev–Trinajstić information content (AvgIpc) is 2.45. The van der Waals surface area contributed by atoms with Gasteiger partial charge in [-0.25, -0.2) is 9.97 Å². The average molecular weight is 278 g/mol. The number of nitrogens with zero attached hydrogens (tertiary/aromatic N) is 3. The number of nitrogens with two attached hydrogens (primary N) is 1. The Bertz CT molecular complexity index is 430. The van der Waals surface area contributed by atoms with Crippen LogP contribution in [0.15, 0.2) is 6.07 Å². The normalized spacial score (nSPS) is 16.6. The van der Waals surface area contributed by atoms with Gasteiger partial charge in [0.2, 0.25) is 0 Å². The first-order chi connectivity index (χ1) is 9.61. The third-order valence-corrected chi connectivity index (χ3v) is 3.92. The van der Waals surface area contributed by atoms with Crippen LogP contribution in [-0.2, 0) is 0 Å². The topological polar surface area (TPSA) is 75.3 Å². The highest BCUT2D eigenvalue weighted by atomic mass is 16.3. The number of aliphatic hydroxyl groups excluding tert-OH is 1. The van der Waals surface area contributed by atoms with E-state index >= 15 is 0 Å². The Kier molecular flexibility index (Phi) is 5.17. The van der Waals surface area contributed by atoms with E-state index in [2.05, 4.69) is 28.7 Å². The van der Waals surface area contributed by atoms with Crippen molar-refractivity contribution < 1.29 is 5.11 Å². The Hall–Kier alpha value is -1.36. The highest BCUT2D eigenvalue weighted by Crippen LogP contribution is 2.27. The Morgan fingerprint density at radius 1 is 1.30 bits per heavy atom. The fourth-order valence-electron chi connectivity index (χ4n) is 2.86. The van der Waals surface area contributed by atoms with E-state index in [1.54, 1.807) is 0 Å². The van der Waals surface area contributed by atoms with E-state index in [0.29, 0.717) is 18.4 Å². The van der Waals surface area contributed by atoms with Crippen LogP contribution in [0.3, 0.4) is 0 Å². The molecule has 1 aliphatic carbocycles. The predicted molar refractivity (Wildman–Crippen MR) is 81.8 cm³/mol. The molecule has 0 saturated heterocycles. The summed E-state index contributed by atoms with van der Waals surface area (Å²) >= 11 is 0. The van der Waals surface area contributed by atoms with Crippen molar-refractivity contribution >= 4 is 11.6 Å². The molecule has 2 rings (SSSR count). The maximum absolute atomic E-state index is 9.36. The predicted octanol–water partition coefficient (Wildman–Crippen LogP) is 2.31. The zero-order valence-corrected chi connectivity index (χ0v) is 12.5. The van der Waals surface area contributed by atoms with Crippen molar-refractivity contribution in [3.63, 3.8) is 0 Å². The van der Waals surface area contributed by atoms with Crippen LogP contribution in [0.1, 0.15) is 57.7 Å². The number of rotatable bonds is 5. The number of aromatic nitrogens is 2. The molecule has 0 unspecified atom stereocenters. The van der Waals surface area contributed by atoms with E-state index in [9.17, 15) is 5.11 Å².